The zero-order valence-corrected chi connectivity index (χ0v) is 12.5. The van der Waals surface area contributed by atoms with Crippen molar-refractivity contribution in [2.45, 2.75) is 26.0 Å². The highest BCUT2D eigenvalue weighted by atomic mass is 16.5. The van der Waals surface area contributed by atoms with Gasteiger partial charge in [0.1, 0.15) is 12.4 Å². The molecule has 3 heteroatoms. The van der Waals surface area contributed by atoms with Crippen molar-refractivity contribution in [1.29, 1.82) is 0 Å². The van der Waals surface area contributed by atoms with Gasteiger partial charge < -0.3 is 15.2 Å². The lowest BCUT2D eigenvalue weighted by molar-refractivity contribution is 0.283. The molecule has 1 atom stereocenters. The lowest BCUT2D eigenvalue weighted by Gasteiger charge is -2.15. The van der Waals surface area contributed by atoms with Crippen molar-refractivity contribution in [2.75, 3.05) is 13.2 Å². The quantitative estimate of drug-likeness (QED) is 0.731. The number of hydrogen-bond acceptors (Lipinski definition) is 3. The number of aliphatic hydroxyl groups is 1. The van der Waals surface area contributed by atoms with Crippen LogP contribution >= 0.6 is 0 Å². The summed E-state index contributed by atoms with van der Waals surface area (Å²) < 4.78 is 5.84. The lowest BCUT2D eigenvalue weighted by atomic mass is 10.1. The first kappa shape index (κ1) is 15.5. The van der Waals surface area contributed by atoms with Gasteiger partial charge in [0.2, 0.25) is 0 Å². The summed E-state index contributed by atoms with van der Waals surface area (Å²) in [6.07, 6.45) is 0.772. The summed E-state index contributed by atoms with van der Waals surface area (Å²) in [5.74, 6) is 0.882. The molecule has 0 amide bonds. The van der Waals surface area contributed by atoms with Crippen LogP contribution in [0.5, 0.6) is 5.75 Å². The first-order valence-corrected chi connectivity index (χ1v) is 7.40. The molecular formula is C18H23NO2. The molecule has 0 spiro atoms. The highest BCUT2D eigenvalue weighted by Crippen LogP contribution is 2.20. The monoisotopic (exact) mass is 285 g/mol. The Hall–Kier alpha value is -1.84. The van der Waals surface area contributed by atoms with Crippen LogP contribution in [0, 0.1) is 0 Å². The summed E-state index contributed by atoms with van der Waals surface area (Å²) >= 11 is 0. The van der Waals surface area contributed by atoms with Crippen LogP contribution in [0.25, 0.3) is 0 Å². The summed E-state index contributed by atoms with van der Waals surface area (Å²) in [6, 6.07) is 18.6. The normalized spacial score (nSPS) is 12.1. The maximum atomic E-state index is 8.81. The lowest BCUT2D eigenvalue weighted by Crippen LogP contribution is -2.20. The predicted molar refractivity (Wildman–Crippen MR) is 85.3 cm³/mol. The van der Waals surface area contributed by atoms with E-state index < -0.39 is 0 Å². The molecule has 0 radical (unpaired) electrons. The van der Waals surface area contributed by atoms with Gasteiger partial charge in [-0.05, 0) is 43.1 Å². The van der Waals surface area contributed by atoms with Gasteiger partial charge in [-0.3, -0.25) is 0 Å². The molecule has 2 aromatic rings. The standard InChI is InChI=1S/C18H23NO2/c1-15(19-11-6-12-20)17-9-5-10-18(13-17)21-14-16-7-3-2-4-8-16/h2-5,7-10,13,15,19-20H,6,11-12,14H2,1H3. The number of ether oxygens (including phenoxy) is 1. The molecule has 0 aliphatic rings. The van der Waals surface area contributed by atoms with E-state index in [0.717, 1.165) is 24.3 Å². The molecule has 0 saturated heterocycles. The van der Waals surface area contributed by atoms with E-state index in [0.29, 0.717) is 6.61 Å². The topological polar surface area (TPSA) is 41.5 Å². The number of benzene rings is 2. The summed E-state index contributed by atoms with van der Waals surface area (Å²) in [5.41, 5.74) is 2.36. The smallest absolute Gasteiger partial charge is 0.120 e. The fourth-order valence-electron chi connectivity index (χ4n) is 2.13. The maximum absolute atomic E-state index is 8.81. The molecular weight excluding hydrogens is 262 g/mol. The average Bonchev–Trinajstić information content (AvgIpc) is 2.54. The van der Waals surface area contributed by atoms with Gasteiger partial charge in [0, 0.05) is 12.6 Å². The molecule has 0 saturated carbocycles. The van der Waals surface area contributed by atoms with Gasteiger partial charge in [0.15, 0.2) is 0 Å². The van der Waals surface area contributed by atoms with Crippen LogP contribution in [-0.4, -0.2) is 18.3 Å². The van der Waals surface area contributed by atoms with Crippen molar-refractivity contribution in [1.82, 2.24) is 5.32 Å². The Bertz CT molecular complexity index is 528. The molecule has 0 aromatic heterocycles. The molecule has 0 aliphatic carbocycles. The first-order chi connectivity index (χ1) is 10.3. The van der Waals surface area contributed by atoms with Crippen molar-refractivity contribution in [2.24, 2.45) is 0 Å². The van der Waals surface area contributed by atoms with E-state index in [1.165, 1.54) is 5.56 Å². The molecule has 0 aliphatic heterocycles. The van der Waals surface area contributed by atoms with Crippen molar-refractivity contribution in [3.05, 3.63) is 65.7 Å². The molecule has 0 bridgehead atoms. The third kappa shape index (κ3) is 5.21. The average molecular weight is 285 g/mol. The van der Waals surface area contributed by atoms with Gasteiger partial charge in [-0.2, -0.15) is 0 Å². The molecule has 2 aromatic carbocycles. The molecule has 21 heavy (non-hydrogen) atoms. The third-order valence-corrected chi connectivity index (χ3v) is 3.39. The van der Waals surface area contributed by atoms with E-state index in [1.54, 1.807) is 0 Å². The van der Waals surface area contributed by atoms with Crippen LogP contribution in [0.1, 0.15) is 30.5 Å². The Morgan fingerprint density at radius 1 is 1.10 bits per heavy atom. The fraction of sp³-hybridized carbons (Fsp3) is 0.333. The largest absolute Gasteiger partial charge is 0.489 e. The summed E-state index contributed by atoms with van der Waals surface area (Å²) in [6.45, 7) is 3.73. The Labute approximate surface area is 126 Å². The van der Waals surface area contributed by atoms with Crippen LogP contribution in [-0.2, 0) is 6.61 Å². The van der Waals surface area contributed by atoms with E-state index in [4.69, 9.17) is 9.84 Å². The van der Waals surface area contributed by atoms with E-state index in [1.807, 2.05) is 30.3 Å². The van der Waals surface area contributed by atoms with Crippen molar-refractivity contribution < 1.29 is 9.84 Å². The second kappa shape index (κ2) is 8.45. The van der Waals surface area contributed by atoms with Gasteiger partial charge in [-0.15, -0.1) is 0 Å². The molecule has 112 valence electrons. The van der Waals surface area contributed by atoms with Crippen molar-refractivity contribution in [3.8, 4) is 5.75 Å². The summed E-state index contributed by atoms with van der Waals surface area (Å²) in [7, 11) is 0. The van der Waals surface area contributed by atoms with E-state index in [-0.39, 0.29) is 12.6 Å². The Morgan fingerprint density at radius 3 is 2.67 bits per heavy atom. The number of aliphatic hydroxyl groups excluding tert-OH is 1. The first-order valence-electron chi connectivity index (χ1n) is 7.40. The highest BCUT2D eigenvalue weighted by molar-refractivity contribution is 5.30. The maximum Gasteiger partial charge on any atom is 0.120 e. The highest BCUT2D eigenvalue weighted by Gasteiger charge is 2.05. The van der Waals surface area contributed by atoms with Crippen LogP contribution < -0.4 is 10.1 Å². The van der Waals surface area contributed by atoms with Gasteiger partial charge >= 0.3 is 0 Å². The van der Waals surface area contributed by atoms with Gasteiger partial charge in [0.05, 0.1) is 0 Å². The summed E-state index contributed by atoms with van der Waals surface area (Å²) in [4.78, 5) is 0. The Morgan fingerprint density at radius 2 is 1.90 bits per heavy atom. The molecule has 0 heterocycles. The van der Waals surface area contributed by atoms with E-state index >= 15 is 0 Å². The zero-order chi connectivity index (χ0) is 14.9. The van der Waals surface area contributed by atoms with Crippen LogP contribution in [0.2, 0.25) is 0 Å². The zero-order valence-electron chi connectivity index (χ0n) is 12.5. The molecule has 0 fully saturated rings. The molecule has 2 N–H and O–H groups in total. The second-order valence-corrected chi connectivity index (χ2v) is 5.10. The number of nitrogens with one attached hydrogen (secondary N) is 1. The van der Waals surface area contributed by atoms with Crippen molar-refractivity contribution in [3.63, 3.8) is 0 Å². The SMILES string of the molecule is CC(NCCCO)c1cccc(OCc2ccccc2)c1. The Balaban J connectivity index is 1.91. The third-order valence-electron chi connectivity index (χ3n) is 3.39. The number of rotatable bonds is 8. The minimum Gasteiger partial charge on any atom is -0.489 e. The van der Waals surface area contributed by atoms with Gasteiger partial charge in [-0.25, -0.2) is 0 Å². The van der Waals surface area contributed by atoms with Crippen molar-refractivity contribution >= 4 is 0 Å². The second-order valence-electron chi connectivity index (χ2n) is 5.10. The summed E-state index contributed by atoms with van der Waals surface area (Å²) in [5, 5.41) is 12.2. The van der Waals surface area contributed by atoms with Crippen LogP contribution in [0.15, 0.2) is 54.6 Å². The minimum atomic E-state index is 0.222. The minimum absolute atomic E-state index is 0.222. The molecule has 2 rings (SSSR count). The van der Waals surface area contributed by atoms with Gasteiger partial charge in [-0.1, -0.05) is 42.5 Å². The Kier molecular flexibility index (Phi) is 6.25. The van der Waals surface area contributed by atoms with E-state index in [2.05, 4.69) is 36.5 Å². The molecule has 3 nitrogen and oxygen atoms in total. The van der Waals surface area contributed by atoms with Gasteiger partial charge in [0.25, 0.3) is 0 Å². The van der Waals surface area contributed by atoms with E-state index in [9.17, 15) is 0 Å². The molecule has 1 unspecified atom stereocenters. The predicted octanol–water partition coefficient (Wildman–Crippen LogP) is 3.30. The fourth-order valence-corrected chi connectivity index (χ4v) is 2.13. The van der Waals surface area contributed by atoms with Crippen LogP contribution in [0.3, 0.4) is 0 Å². The number of hydrogen-bond donors (Lipinski definition) is 2. The van der Waals surface area contributed by atoms with Crippen LogP contribution in [0.4, 0.5) is 0 Å².